The van der Waals surface area contributed by atoms with E-state index in [-0.39, 0.29) is 5.91 Å². The molecule has 0 saturated heterocycles. The maximum absolute atomic E-state index is 12.6. The van der Waals surface area contributed by atoms with E-state index in [0.29, 0.717) is 16.3 Å². The molecule has 134 valence electrons. The predicted octanol–water partition coefficient (Wildman–Crippen LogP) is 4.94. The smallest absolute Gasteiger partial charge is 0.255 e. The van der Waals surface area contributed by atoms with Crippen molar-refractivity contribution in [3.8, 4) is 5.69 Å². The topological polar surface area (TPSA) is 59.8 Å². The zero-order valence-electron chi connectivity index (χ0n) is 14.9. The van der Waals surface area contributed by atoms with Gasteiger partial charge in [-0.3, -0.25) is 9.78 Å². The molecule has 2 aromatic carbocycles. The number of rotatable bonds is 3. The van der Waals surface area contributed by atoms with Crippen LogP contribution < -0.4 is 5.32 Å². The number of aryl methyl sites for hydroxylation is 1. The number of carbonyl (C=O) groups is 1. The molecule has 6 heteroatoms. The van der Waals surface area contributed by atoms with E-state index in [4.69, 9.17) is 11.6 Å². The third-order valence-electron chi connectivity index (χ3n) is 4.46. The second-order valence-corrected chi connectivity index (χ2v) is 6.66. The van der Waals surface area contributed by atoms with Crippen molar-refractivity contribution in [3.05, 3.63) is 82.8 Å². The van der Waals surface area contributed by atoms with Gasteiger partial charge in [0.2, 0.25) is 0 Å². The van der Waals surface area contributed by atoms with Crippen LogP contribution in [-0.4, -0.2) is 20.7 Å². The minimum absolute atomic E-state index is 0.189. The highest BCUT2D eigenvalue weighted by Gasteiger charge is 2.12. The Balaban J connectivity index is 1.60. The van der Waals surface area contributed by atoms with Crippen molar-refractivity contribution in [3.63, 3.8) is 0 Å². The maximum atomic E-state index is 12.6. The molecule has 0 fully saturated rings. The molecule has 0 aliphatic carbocycles. The molecule has 0 saturated carbocycles. The Hall–Kier alpha value is -3.18. The quantitative estimate of drug-likeness (QED) is 0.550. The van der Waals surface area contributed by atoms with Crippen molar-refractivity contribution in [2.45, 2.75) is 13.8 Å². The van der Waals surface area contributed by atoms with Gasteiger partial charge in [-0.15, -0.1) is 0 Å². The molecule has 0 atom stereocenters. The molecule has 0 aliphatic rings. The Labute approximate surface area is 161 Å². The van der Waals surface area contributed by atoms with Gasteiger partial charge in [-0.1, -0.05) is 29.8 Å². The van der Waals surface area contributed by atoms with Crippen LogP contribution in [0, 0.1) is 13.8 Å². The van der Waals surface area contributed by atoms with E-state index < -0.39 is 0 Å². The molecule has 1 N–H and O–H groups in total. The molecule has 0 bridgehead atoms. The monoisotopic (exact) mass is 376 g/mol. The highest BCUT2D eigenvalue weighted by Crippen LogP contribution is 2.24. The molecule has 27 heavy (non-hydrogen) atoms. The van der Waals surface area contributed by atoms with Gasteiger partial charge in [-0.2, -0.15) is 5.10 Å². The molecule has 1 amide bonds. The summed E-state index contributed by atoms with van der Waals surface area (Å²) >= 11 is 6.21. The van der Waals surface area contributed by atoms with E-state index in [1.54, 1.807) is 23.0 Å². The maximum Gasteiger partial charge on any atom is 0.255 e. The lowest BCUT2D eigenvalue weighted by atomic mass is 10.1. The SMILES string of the molecule is Cc1nn(-c2ccc(C(=O)Nc3cccc4cccnc34)cc2)c(C)c1Cl. The van der Waals surface area contributed by atoms with Crippen LogP contribution in [0.3, 0.4) is 0 Å². The standard InChI is InChI=1S/C21H17ClN4O/c1-13-19(22)14(2)26(25-13)17-10-8-16(9-11-17)21(27)24-18-7-3-5-15-6-4-12-23-20(15)18/h3-12H,1-2H3,(H,24,27). The molecule has 0 radical (unpaired) electrons. The Morgan fingerprint density at radius 2 is 1.78 bits per heavy atom. The summed E-state index contributed by atoms with van der Waals surface area (Å²) < 4.78 is 1.77. The highest BCUT2D eigenvalue weighted by atomic mass is 35.5. The van der Waals surface area contributed by atoms with E-state index >= 15 is 0 Å². The Morgan fingerprint density at radius 3 is 2.48 bits per heavy atom. The molecule has 0 spiro atoms. The van der Waals surface area contributed by atoms with Gasteiger partial charge in [0.1, 0.15) is 0 Å². The third kappa shape index (κ3) is 3.17. The van der Waals surface area contributed by atoms with Crippen molar-refractivity contribution >= 4 is 34.1 Å². The second-order valence-electron chi connectivity index (χ2n) is 6.28. The van der Waals surface area contributed by atoms with Crippen molar-refractivity contribution in [1.82, 2.24) is 14.8 Å². The van der Waals surface area contributed by atoms with E-state index in [0.717, 1.165) is 28.0 Å². The zero-order valence-corrected chi connectivity index (χ0v) is 15.7. The minimum Gasteiger partial charge on any atom is -0.320 e. The van der Waals surface area contributed by atoms with Gasteiger partial charge in [-0.05, 0) is 50.2 Å². The molecule has 4 rings (SSSR count). The first-order chi connectivity index (χ1) is 13.0. The molecular weight excluding hydrogens is 360 g/mol. The van der Waals surface area contributed by atoms with Gasteiger partial charge in [0.05, 0.1) is 33.3 Å². The summed E-state index contributed by atoms with van der Waals surface area (Å²) in [5.74, 6) is -0.189. The average molecular weight is 377 g/mol. The summed E-state index contributed by atoms with van der Waals surface area (Å²) in [5.41, 5.74) is 4.51. The number of nitrogens with one attached hydrogen (secondary N) is 1. The van der Waals surface area contributed by atoms with Gasteiger partial charge < -0.3 is 5.32 Å². The number of anilines is 1. The number of benzene rings is 2. The van der Waals surface area contributed by atoms with Crippen molar-refractivity contribution < 1.29 is 4.79 Å². The van der Waals surface area contributed by atoms with Gasteiger partial charge in [0.25, 0.3) is 5.91 Å². The van der Waals surface area contributed by atoms with E-state index in [9.17, 15) is 4.79 Å². The molecule has 0 unspecified atom stereocenters. The molecule has 4 aromatic rings. The van der Waals surface area contributed by atoms with Gasteiger partial charge in [0, 0.05) is 17.1 Å². The number of carbonyl (C=O) groups excluding carboxylic acids is 1. The lowest BCUT2D eigenvalue weighted by Crippen LogP contribution is -2.12. The number of para-hydroxylation sites is 1. The van der Waals surface area contributed by atoms with Crippen LogP contribution in [0.15, 0.2) is 60.8 Å². The van der Waals surface area contributed by atoms with Crippen LogP contribution in [0.4, 0.5) is 5.69 Å². The van der Waals surface area contributed by atoms with Crippen LogP contribution in [-0.2, 0) is 0 Å². The van der Waals surface area contributed by atoms with Crippen LogP contribution in [0.1, 0.15) is 21.7 Å². The number of amides is 1. The lowest BCUT2D eigenvalue weighted by molar-refractivity contribution is 0.102. The van der Waals surface area contributed by atoms with Crippen LogP contribution >= 0.6 is 11.6 Å². The van der Waals surface area contributed by atoms with E-state index in [2.05, 4.69) is 15.4 Å². The van der Waals surface area contributed by atoms with E-state index in [1.165, 1.54) is 0 Å². The number of hydrogen-bond acceptors (Lipinski definition) is 3. The van der Waals surface area contributed by atoms with Crippen molar-refractivity contribution in [2.75, 3.05) is 5.32 Å². The fourth-order valence-electron chi connectivity index (χ4n) is 3.03. The van der Waals surface area contributed by atoms with Gasteiger partial charge in [-0.25, -0.2) is 4.68 Å². The highest BCUT2D eigenvalue weighted by molar-refractivity contribution is 6.31. The summed E-state index contributed by atoms with van der Waals surface area (Å²) in [6.07, 6.45) is 1.71. The second kappa shape index (κ2) is 6.85. The first kappa shape index (κ1) is 17.2. The fourth-order valence-corrected chi connectivity index (χ4v) is 3.15. The van der Waals surface area contributed by atoms with Gasteiger partial charge in [0.15, 0.2) is 0 Å². The Kier molecular flexibility index (Phi) is 4.38. The molecule has 5 nitrogen and oxygen atoms in total. The zero-order chi connectivity index (χ0) is 19.0. The van der Waals surface area contributed by atoms with Crippen LogP contribution in [0.5, 0.6) is 0 Å². The largest absolute Gasteiger partial charge is 0.320 e. The third-order valence-corrected chi connectivity index (χ3v) is 5.00. The lowest BCUT2D eigenvalue weighted by Gasteiger charge is -2.09. The van der Waals surface area contributed by atoms with E-state index in [1.807, 2.05) is 56.3 Å². The Bertz CT molecular complexity index is 1140. The predicted molar refractivity (Wildman–Crippen MR) is 108 cm³/mol. The molecule has 2 aromatic heterocycles. The van der Waals surface area contributed by atoms with Crippen molar-refractivity contribution in [1.29, 1.82) is 0 Å². The number of hydrogen-bond donors (Lipinski definition) is 1. The minimum atomic E-state index is -0.189. The number of pyridine rings is 1. The molecule has 2 heterocycles. The molecule has 0 aliphatic heterocycles. The van der Waals surface area contributed by atoms with Crippen LogP contribution in [0.25, 0.3) is 16.6 Å². The number of aromatic nitrogens is 3. The summed E-state index contributed by atoms with van der Waals surface area (Å²) in [6.45, 7) is 3.78. The summed E-state index contributed by atoms with van der Waals surface area (Å²) in [4.78, 5) is 17.0. The first-order valence-electron chi connectivity index (χ1n) is 8.52. The van der Waals surface area contributed by atoms with Gasteiger partial charge >= 0.3 is 0 Å². The molecular formula is C21H17ClN4O. The number of halogens is 1. The summed E-state index contributed by atoms with van der Waals surface area (Å²) in [7, 11) is 0. The number of fused-ring (bicyclic) bond motifs is 1. The van der Waals surface area contributed by atoms with Crippen LogP contribution in [0.2, 0.25) is 5.02 Å². The first-order valence-corrected chi connectivity index (χ1v) is 8.89. The van der Waals surface area contributed by atoms with Crippen molar-refractivity contribution in [2.24, 2.45) is 0 Å². The number of nitrogens with zero attached hydrogens (tertiary/aromatic N) is 3. The average Bonchev–Trinajstić information content (AvgIpc) is 2.96. The summed E-state index contributed by atoms with van der Waals surface area (Å²) in [6, 6.07) is 16.8. The fraction of sp³-hybridized carbons (Fsp3) is 0.0952. The Morgan fingerprint density at radius 1 is 1.04 bits per heavy atom. The summed E-state index contributed by atoms with van der Waals surface area (Å²) in [5, 5.41) is 9.00. The normalized spacial score (nSPS) is 10.9.